The van der Waals surface area contributed by atoms with E-state index in [1.165, 1.54) is 10.8 Å². The molecule has 1 saturated heterocycles. The van der Waals surface area contributed by atoms with Gasteiger partial charge >= 0.3 is 11.7 Å². The van der Waals surface area contributed by atoms with Crippen LogP contribution < -0.4 is 11.2 Å². The number of H-pyrrole nitrogens is 1. The molecule has 1 atom stereocenters. The molecule has 6 nitrogen and oxygen atoms in total. The number of halogens is 1. The molecular weight excluding hydrogens is 332 g/mol. The van der Waals surface area contributed by atoms with Crippen LogP contribution in [0.5, 0.6) is 0 Å². The maximum Gasteiger partial charge on any atom is 0.334 e. The molecule has 1 aromatic heterocycles. The van der Waals surface area contributed by atoms with E-state index < -0.39 is 22.8 Å². The Morgan fingerprint density at radius 2 is 1.96 bits per heavy atom. The van der Waals surface area contributed by atoms with Crippen molar-refractivity contribution in [3.05, 3.63) is 79.6 Å². The average molecular weight is 347 g/mol. The van der Waals surface area contributed by atoms with Gasteiger partial charge in [0.05, 0.1) is 6.54 Å². The minimum absolute atomic E-state index is 0.0653. The van der Waals surface area contributed by atoms with E-state index in [0.29, 0.717) is 21.7 Å². The van der Waals surface area contributed by atoms with E-state index in [0.717, 1.165) is 0 Å². The maximum atomic E-state index is 12.1. The molecule has 1 aliphatic rings. The van der Waals surface area contributed by atoms with Crippen molar-refractivity contribution in [2.75, 3.05) is 0 Å². The lowest BCUT2D eigenvalue weighted by atomic mass is 9.89. The van der Waals surface area contributed by atoms with Crippen LogP contribution in [-0.2, 0) is 21.7 Å². The van der Waals surface area contributed by atoms with E-state index in [2.05, 4.69) is 11.6 Å². The number of benzene rings is 1. The van der Waals surface area contributed by atoms with E-state index in [-0.39, 0.29) is 13.0 Å². The Labute approximate surface area is 142 Å². The first-order valence-corrected chi connectivity index (χ1v) is 7.66. The van der Waals surface area contributed by atoms with E-state index in [4.69, 9.17) is 16.3 Å². The first kappa shape index (κ1) is 16.3. The molecule has 0 spiro atoms. The summed E-state index contributed by atoms with van der Waals surface area (Å²) in [6.07, 6.45) is 1.70. The van der Waals surface area contributed by atoms with Gasteiger partial charge in [-0.2, -0.15) is 0 Å². The number of hydrogen-bond donors (Lipinski definition) is 1. The lowest BCUT2D eigenvalue weighted by Crippen LogP contribution is -2.39. The largest absolute Gasteiger partial charge is 0.449 e. The molecule has 0 bridgehead atoms. The predicted octanol–water partition coefficient (Wildman–Crippen LogP) is 1.90. The third kappa shape index (κ3) is 2.80. The third-order valence-corrected chi connectivity index (χ3v) is 4.31. The normalized spacial score (nSPS) is 20.2. The van der Waals surface area contributed by atoms with Gasteiger partial charge in [-0.25, -0.2) is 9.59 Å². The lowest BCUT2D eigenvalue weighted by Gasteiger charge is -2.28. The summed E-state index contributed by atoms with van der Waals surface area (Å²) in [5, 5.41) is 0.550. The van der Waals surface area contributed by atoms with E-state index in [9.17, 15) is 14.4 Å². The molecular formula is C17H15ClN2O4. The van der Waals surface area contributed by atoms with Crippen molar-refractivity contribution in [1.29, 1.82) is 0 Å². The summed E-state index contributed by atoms with van der Waals surface area (Å²) in [7, 11) is 0. The number of hydrogen-bond acceptors (Lipinski definition) is 4. The molecule has 0 aliphatic carbocycles. The number of rotatable bonds is 3. The molecule has 7 heteroatoms. The SMILES string of the molecule is C=C1CC(Cn2cc(C)c(=O)[nH]c2=O)(c2ccc(Cl)cc2)OC1=O. The number of carbonyl (C=O) groups excluding carboxylic acids is 1. The van der Waals surface area contributed by atoms with E-state index in [1.807, 2.05) is 0 Å². The molecule has 0 radical (unpaired) electrons. The molecule has 0 amide bonds. The molecule has 1 aliphatic heterocycles. The Bertz CT molecular complexity index is 924. The summed E-state index contributed by atoms with van der Waals surface area (Å²) in [4.78, 5) is 37.8. The fraction of sp³-hybridized carbons (Fsp3) is 0.235. The highest BCUT2D eigenvalue weighted by Gasteiger charge is 2.45. The minimum Gasteiger partial charge on any atom is -0.449 e. The van der Waals surface area contributed by atoms with Crippen LogP contribution in [0.25, 0.3) is 0 Å². The minimum atomic E-state index is -1.06. The lowest BCUT2D eigenvalue weighted by molar-refractivity contribution is -0.148. The summed E-state index contributed by atoms with van der Waals surface area (Å²) >= 11 is 5.92. The number of esters is 1. The van der Waals surface area contributed by atoms with Crippen molar-refractivity contribution >= 4 is 17.6 Å². The topological polar surface area (TPSA) is 81.2 Å². The van der Waals surface area contributed by atoms with Crippen molar-refractivity contribution in [3.63, 3.8) is 0 Å². The fourth-order valence-electron chi connectivity index (χ4n) is 2.81. The highest BCUT2D eigenvalue weighted by molar-refractivity contribution is 6.30. The van der Waals surface area contributed by atoms with Gasteiger partial charge in [0.15, 0.2) is 5.60 Å². The van der Waals surface area contributed by atoms with Crippen LogP contribution in [0.1, 0.15) is 17.5 Å². The van der Waals surface area contributed by atoms with Crippen molar-refractivity contribution in [2.45, 2.75) is 25.5 Å². The van der Waals surface area contributed by atoms with Crippen LogP contribution in [0.3, 0.4) is 0 Å². The van der Waals surface area contributed by atoms with Gasteiger partial charge in [-0.15, -0.1) is 0 Å². The molecule has 2 heterocycles. The van der Waals surface area contributed by atoms with Crippen LogP contribution in [0.15, 0.2) is 52.2 Å². The molecule has 3 rings (SSSR count). The number of ether oxygens (including phenoxy) is 1. The number of aromatic amines is 1. The Hall–Kier alpha value is -2.60. The zero-order chi connectivity index (χ0) is 17.5. The van der Waals surface area contributed by atoms with Gasteiger partial charge < -0.3 is 4.74 Å². The molecule has 2 aromatic rings. The molecule has 24 heavy (non-hydrogen) atoms. The summed E-state index contributed by atoms with van der Waals surface area (Å²) in [6.45, 7) is 5.39. The van der Waals surface area contributed by atoms with Gasteiger partial charge in [0.25, 0.3) is 5.56 Å². The Balaban J connectivity index is 2.10. The smallest absolute Gasteiger partial charge is 0.334 e. The molecule has 0 saturated carbocycles. The van der Waals surface area contributed by atoms with Crippen LogP contribution in [0, 0.1) is 6.92 Å². The summed E-state index contributed by atoms with van der Waals surface area (Å²) in [5.74, 6) is -0.501. The molecule has 1 aromatic carbocycles. The predicted molar refractivity (Wildman–Crippen MR) is 89.0 cm³/mol. The van der Waals surface area contributed by atoms with Crippen LogP contribution in [0.4, 0.5) is 0 Å². The fourth-order valence-corrected chi connectivity index (χ4v) is 2.93. The van der Waals surface area contributed by atoms with E-state index >= 15 is 0 Å². The van der Waals surface area contributed by atoms with Gasteiger partial charge in [-0.1, -0.05) is 30.3 Å². The molecule has 1 fully saturated rings. The second kappa shape index (κ2) is 5.79. The standard InChI is InChI=1S/C17H15ClN2O4/c1-10-7-17(24-15(10)22,12-3-5-13(18)6-4-12)9-20-8-11(2)14(21)19-16(20)23/h3-6,8H,1,7,9H2,2H3,(H,19,21,23). The monoisotopic (exact) mass is 346 g/mol. The number of nitrogens with zero attached hydrogens (tertiary/aromatic N) is 1. The van der Waals surface area contributed by atoms with Crippen molar-refractivity contribution in [1.82, 2.24) is 9.55 Å². The first-order chi connectivity index (χ1) is 11.3. The number of aryl methyl sites for hydroxylation is 1. The number of cyclic esters (lactones) is 1. The van der Waals surface area contributed by atoms with Gasteiger partial charge in [0.1, 0.15) is 0 Å². The Morgan fingerprint density at radius 3 is 2.54 bits per heavy atom. The molecule has 1 N–H and O–H groups in total. The maximum absolute atomic E-state index is 12.1. The quantitative estimate of drug-likeness (QED) is 0.680. The van der Waals surface area contributed by atoms with Gasteiger partial charge in [-0.05, 0) is 24.6 Å². The summed E-state index contributed by atoms with van der Waals surface area (Å²) in [5.41, 5.74) is -0.636. The van der Waals surface area contributed by atoms with Crippen molar-refractivity contribution in [3.8, 4) is 0 Å². The van der Waals surface area contributed by atoms with Gasteiger partial charge in [-0.3, -0.25) is 14.3 Å². The second-order valence-electron chi connectivity index (χ2n) is 5.87. The highest BCUT2D eigenvalue weighted by atomic mass is 35.5. The second-order valence-corrected chi connectivity index (χ2v) is 6.31. The highest BCUT2D eigenvalue weighted by Crippen LogP contribution is 2.40. The summed E-state index contributed by atoms with van der Waals surface area (Å²) < 4.78 is 6.91. The number of carbonyl (C=O) groups is 1. The zero-order valence-corrected chi connectivity index (χ0v) is 13.7. The molecule has 1 unspecified atom stereocenters. The Morgan fingerprint density at radius 1 is 1.29 bits per heavy atom. The van der Waals surface area contributed by atoms with Gasteiger partial charge in [0.2, 0.25) is 0 Å². The van der Waals surface area contributed by atoms with E-state index in [1.54, 1.807) is 31.2 Å². The first-order valence-electron chi connectivity index (χ1n) is 7.28. The van der Waals surface area contributed by atoms with Crippen LogP contribution >= 0.6 is 11.6 Å². The van der Waals surface area contributed by atoms with Crippen molar-refractivity contribution < 1.29 is 9.53 Å². The zero-order valence-electron chi connectivity index (χ0n) is 13.0. The van der Waals surface area contributed by atoms with Gasteiger partial charge in [0, 0.05) is 28.8 Å². The third-order valence-electron chi connectivity index (χ3n) is 4.06. The summed E-state index contributed by atoms with van der Waals surface area (Å²) in [6, 6.07) is 6.87. The van der Waals surface area contributed by atoms with Crippen molar-refractivity contribution in [2.24, 2.45) is 0 Å². The number of nitrogens with one attached hydrogen (secondary N) is 1. The van der Waals surface area contributed by atoms with Crippen LogP contribution in [0.2, 0.25) is 5.02 Å². The Kier molecular flexibility index (Phi) is 3.93. The number of aromatic nitrogens is 2. The van der Waals surface area contributed by atoms with Crippen LogP contribution in [-0.4, -0.2) is 15.5 Å². The molecule has 124 valence electrons. The average Bonchev–Trinajstić information content (AvgIpc) is 2.81.